The van der Waals surface area contributed by atoms with Gasteiger partial charge >= 0.3 is 6.18 Å². The van der Waals surface area contributed by atoms with Gasteiger partial charge in [0.25, 0.3) is 0 Å². The number of nitrogens with two attached hydrogens (primary N) is 1. The first-order valence-electron chi connectivity index (χ1n) is 5.57. The lowest BCUT2D eigenvalue weighted by Crippen LogP contribution is -2.30. The third-order valence-corrected chi connectivity index (χ3v) is 5.00. The molecule has 0 aromatic carbocycles. The zero-order chi connectivity index (χ0) is 14.9. The highest BCUT2D eigenvalue weighted by Gasteiger charge is 2.35. The Morgan fingerprint density at radius 2 is 2.15 bits per heavy atom. The van der Waals surface area contributed by atoms with Crippen molar-refractivity contribution in [2.24, 2.45) is 5.84 Å². The van der Waals surface area contributed by atoms with Crippen molar-refractivity contribution in [3.63, 3.8) is 0 Å². The highest BCUT2D eigenvalue weighted by molar-refractivity contribution is 9.11. The number of rotatable bonds is 3. The summed E-state index contributed by atoms with van der Waals surface area (Å²) >= 11 is 4.70. The summed E-state index contributed by atoms with van der Waals surface area (Å²) in [5.41, 5.74) is 2.66. The van der Waals surface area contributed by atoms with Crippen LogP contribution in [0.2, 0.25) is 0 Å². The molecule has 0 aliphatic rings. The molecule has 0 radical (unpaired) electrons. The molecule has 108 valence electrons. The molecule has 3 N–H and O–H groups in total. The molecule has 3 nitrogen and oxygen atoms in total. The van der Waals surface area contributed by atoms with E-state index in [1.165, 1.54) is 17.5 Å². The van der Waals surface area contributed by atoms with Crippen LogP contribution < -0.4 is 11.3 Å². The average molecular weight is 366 g/mol. The van der Waals surface area contributed by atoms with Gasteiger partial charge in [-0.1, -0.05) is 0 Å². The van der Waals surface area contributed by atoms with Crippen molar-refractivity contribution in [2.75, 3.05) is 0 Å². The summed E-state index contributed by atoms with van der Waals surface area (Å²) in [4.78, 5) is 4.47. The molecule has 1 atom stereocenters. The molecule has 0 amide bonds. The Bertz CT molecular complexity index is 593. The number of hydrogen-bond donors (Lipinski definition) is 2. The molecular weight excluding hydrogens is 355 g/mol. The minimum atomic E-state index is -4.45. The van der Waals surface area contributed by atoms with E-state index in [0.717, 1.165) is 21.6 Å². The van der Waals surface area contributed by atoms with Crippen molar-refractivity contribution in [3.8, 4) is 0 Å². The van der Waals surface area contributed by atoms with Gasteiger partial charge in [0.1, 0.15) is 0 Å². The summed E-state index contributed by atoms with van der Waals surface area (Å²) in [6.07, 6.45) is -2.14. The Kier molecular flexibility index (Phi) is 4.48. The number of aromatic nitrogens is 1. The maximum Gasteiger partial charge on any atom is 0.416 e. The number of halogens is 4. The first-order valence-corrected chi connectivity index (χ1v) is 7.18. The number of thiophene rings is 1. The predicted octanol–water partition coefficient (Wildman–Crippen LogP) is 3.79. The molecule has 1 unspecified atom stereocenters. The van der Waals surface area contributed by atoms with Crippen molar-refractivity contribution < 1.29 is 13.2 Å². The smallest absolute Gasteiger partial charge is 0.271 e. The Balaban J connectivity index is 2.53. The normalized spacial score (nSPS) is 13.5. The summed E-state index contributed by atoms with van der Waals surface area (Å²) in [7, 11) is 0. The number of hydrazine groups is 1. The summed E-state index contributed by atoms with van der Waals surface area (Å²) in [5.74, 6) is 5.45. The maximum atomic E-state index is 13.0. The zero-order valence-electron chi connectivity index (χ0n) is 10.3. The molecule has 0 saturated carbocycles. The third kappa shape index (κ3) is 3.03. The molecule has 0 aliphatic heterocycles. The van der Waals surface area contributed by atoms with Crippen molar-refractivity contribution in [1.29, 1.82) is 0 Å². The summed E-state index contributed by atoms with van der Waals surface area (Å²) in [6.45, 7) is 1.87. The minimum Gasteiger partial charge on any atom is -0.271 e. The largest absolute Gasteiger partial charge is 0.416 e. The van der Waals surface area contributed by atoms with Crippen molar-refractivity contribution in [1.82, 2.24) is 10.4 Å². The van der Waals surface area contributed by atoms with E-state index in [9.17, 15) is 13.2 Å². The Morgan fingerprint density at radius 1 is 1.45 bits per heavy atom. The van der Waals surface area contributed by atoms with Gasteiger partial charge in [0.15, 0.2) is 0 Å². The van der Waals surface area contributed by atoms with Gasteiger partial charge in [-0.2, -0.15) is 13.2 Å². The molecular formula is C12H11BrF3N3S. The molecule has 2 heterocycles. The number of nitrogens with zero attached hydrogens (tertiary/aromatic N) is 1. The third-order valence-electron chi connectivity index (χ3n) is 2.80. The van der Waals surface area contributed by atoms with E-state index in [1.807, 2.05) is 6.92 Å². The van der Waals surface area contributed by atoms with Gasteiger partial charge in [0.2, 0.25) is 0 Å². The predicted molar refractivity (Wildman–Crippen MR) is 75.2 cm³/mol. The van der Waals surface area contributed by atoms with E-state index in [0.29, 0.717) is 4.88 Å². The van der Waals surface area contributed by atoms with Crippen molar-refractivity contribution in [3.05, 3.63) is 49.9 Å². The van der Waals surface area contributed by atoms with Crippen LogP contribution in [-0.4, -0.2) is 4.98 Å². The van der Waals surface area contributed by atoms with Crippen LogP contribution in [0.4, 0.5) is 13.2 Å². The molecule has 0 spiro atoms. The first kappa shape index (κ1) is 15.4. The second-order valence-corrected chi connectivity index (χ2v) is 6.57. The van der Waals surface area contributed by atoms with Crippen molar-refractivity contribution >= 4 is 27.3 Å². The molecule has 2 aromatic heterocycles. The van der Waals surface area contributed by atoms with Crippen molar-refractivity contribution in [2.45, 2.75) is 19.1 Å². The van der Waals surface area contributed by atoms with Crippen LogP contribution in [-0.2, 0) is 6.18 Å². The molecule has 2 aromatic rings. The summed E-state index contributed by atoms with van der Waals surface area (Å²) in [6, 6.07) is 2.00. The number of nitrogens with one attached hydrogen (secondary N) is 1. The highest BCUT2D eigenvalue weighted by Crippen LogP contribution is 2.39. The molecule has 0 fully saturated rings. The van der Waals surface area contributed by atoms with Gasteiger partial charge < -0.3 is 0 Å². The number of pyridine rings is 1. The Labute approximate surface area is 126 Å². The summed E-state index contributed by atoms with van der Waals surface area (Å²) in [5, 5.41) is 0. The van der Waals surface area contributed by atoms with Gasteiger partial charge in [-0.25, -0.2) is 5.43 Å². The standard InChI is InChI=1S/C12H11BrF3N3S/c1-6-4-9(20-11(6)13)10(19-17)7-5-18-3-2-8(7)12(14,15)16/h2-5,10,19H,17H2,1H3. The SMILES string of the molecule is Cc1cc(C(NN)c2cnccc2C(F)(F)F)sc1Br. The van der Waals surface area contributed by atoms with Gasteiger partial charge in [-0.15, -0.1) is 11.3 Å². The zero-order valence-corrected chi connectivity index (χ0v) is 12.7. The van der Waals surface area contributed by atoms with E-state index >= 15 is 0 Å². The molecule has 0 aliphatic carbocycles. The molecule has 0 bridgehead atoms. The molecule has 0 saturated heterocycles. The lowest BCUT2D eigenvalue weighted by Gasteiger charge is -2.19. The Hall–Kier alpha value is -0.960. The monoisotopic (exact) mass is 365 g/mol. The number of hydrogen-bond acceptors (Lipinski definition) is 4. The van der Waals surface area contributed by atoms with Crippen LogP contribution in [0, 0.1) is 6.92 Å². The minimum absolute atomic E-state index is 0.0104. The van der Waals surface area contributed by atoms with E-state index in [4.69, 9.17) is 5.84 Å². The van der Waals surface area contributed by atoms with Gasteiger partial charge in [-0.3, -0.25) is 10.8 Å². The second kappa shape index (κ2) is 5.80. The molecule has 8 heteroatoms. The first-order chi connectivity index (χ1) is 9.34. The van der Waals surface area contributed by atoms with Gasteiger partial charge in [-0.05, 0) is 40.5 Å². The van der Waals surface area contributed by atoms with Crippen LogP contribution in [0.25, 0.3) is 0 Å². The average Bonchev–Trinajstić information content (AvgIpc) is 2.70. The number of aryl methyl sites for hydroxylation is 1. The van der Waals surface area contributed by atoms with E-state index < -0.39 is 17.8 Å². The fourth-order valence-corrected chi connectivity index (χ4v) is 3.50. The number of alkyl halides is 3. The van der Waals surface area contributed by atoms with Gasteiger partial charge in [0.05, 0.1) is 15.4 Å². The highest BCUT2D eigenvalue weighted by atomic mass is 79.9. The lowest BCUT2D eigenvalue weighted by atomic mass is 10.0. The van der Waals surface area contributed by atoms with Crippen LogP contribution >= 0.6 is 27.3 Å². The van der Waals surface area contributed by atoms with E-state index in [1.54, 1.807) is 6.07 Å². The topological polar surface area (TPSA) is 50.9 Å². The van der Waals surface area contributed by atoms with Crippen LogP contribution in [0.5, 0.6) is 0 Å². The van der Waals surface area contributed by atoms with Gasteiger partial charge in [0, 0.05) is 22.8 Å². The van der Waals surface area contributed by atoms with Crippen LogP contribution in [0.1, 0.15) is 27.6 Å². The fourth-order valence-electron chi connectivity index (χ4n) is 1.85. The maximum absolute atomic E-state index is 13.0. The fraction of sp³-hybridized carbons (Fsp3) is 0.250. The summed E-state index contributed by atoms with van der Waals surface area (Å²) < 4.78 is 40.0. The Morgan fingerprint density at radius 3 is 2.65 bits per heavy atom. The lowest BCUT2D eigenvalue weighted by molar-refractivity contribution is -0.138. The molecule has 2 rings (SSSR count). The van der Waals surface area contributed by atoms with E-state index in [2.05, 4.69) is 26.3 Å². The van der Waals surface area contributed by atoms with Crippen LogP contribution in [0.15, 0.2) is 28.3 Å². The quantitative estimate of drug-likeness (QED) is 0.642. The molecule has 20 heavy (non-hydrogen) atoms. The van der Waals surface area contributed by atoms with Crippen LogP contribution in [0.3, 0.4) is 0 Å². The second-order valence-electron chi connectivity index (χ2n) is 4.17. The van der Waals surface area contributed by atoms with E-state index in [-0.39, 0.29) is 5.56 Å².